The Balaban J connectivity index is 0. The number of nitrogens with two attached hydrogens (primary N) is 1. The van der Waals surface area contributed by atoms with Gasteiger partial charge < -0.3 is 19.9 Å². The van der Waals surface area contributed by atoms with Crippen molar-refractivity contribution in [3.63, 3.8) is 0 Å². The van der Waals surface area contributed by atoms with Crippen molar-refractivity contribution in [3.05, 3.63) is 42.3 Å². The van der Waals surface area contributed by atoms with Crippen molar-refractivity contribution in [2.45, 2.75) is 55.4 Å². The predicted octanol–water partition coefficient (Wildman–Crippen LogP) is 7.27. The van der Waals surface area contributed by atoms with Gasteiger partial charge in [-0.05, 0) is 12.1 Å². The van der Waals surface area contributed by atoms with Crippen molar-refractivity contribution in [1.29, 1.82) is 0 Å². The number of hydrogen-bond acceptors (Lipinski definition) is 6. The van der Waals surface area contributed by atoms with Crippen molar-refractivity contribution < 1.29 is 18.6 Å². The minimum Gasteiger partial charge on any atom is -0.491 e. The lowest BCUT2D eigenvalue weighted by molar-refractivity contribution is 0.344. The van der Waals surface area contributed by atoms with E-state index in [1.165, 1.54) is 26.4 Å². The molecule has 2 heterocycles. The zero-order valence-electron chi connectivity index (χ0n) is 20.5. The largest absolute Gasteiger partial charge is 0.491 e. The molecule has 0 fully saturated rings. The summed E-state index contributed by atoms with van der Waals surface area (Å²) in [5.74, 6) is 0.567. The fourth-order valence-electron chi connectivity index (χ4n) is 2.11. The Morgan fingerprint density at radius 1 is 0.774 bits per heavy atom. The average Bonchev–Trinajstić information content (AvgIpc) is 2.85. The number of halogens is 1. The molecule has 1 aromatic carbocycles. The minimum absolute atomic E-state index is 0.0447. The lowest BCUT2D eigenvalue weighted by Crippen LogP contribution is -1.97. The summed E-state index contributed by atoms with van der Waals surface area (Å²) >= 11 is 0. The van der Waals surface area contributed by atoms with Crippen LogP contribution in [-0.4, -0.2) is 24.2 Å². The highest BCUT2D eigenvalue weighted by Crippen LogP contribution is 2.34. The molecular formula is C24H38FN3O3. The Hall–Kier alpha value is -3.09. The second-order valence-corrected chi connectivity index (χ2v) is 4.67. The van der Waals surface area contributed by atoms with E-state index in [0.29, 0.717) is 28.2 Å². The highest BCUT2D eigenvalue weighted by atomic mass is 19.1. The maximum atomic E-state index is 13.9. The van der Waals surface area contributed by atoms with E-state index < -0.39 is 5.82 Å². The van der Waals surface area contributed by atoms with E-state index in [0.717, 1.165) is 0 Å². The molecule has 0 bridgehead atoms. The van der Waals surface area contributed by atoms with Gasteiger partial charge in [0.05, 0.1) is 19.7 Å². The molecule has 0 saturated carbocycles. The quantitative estimate of drug-likeness (QED) is 0.434. The van der Waals surface area contributed by atoms with Crippen molar-refractivity contribution in [2.24, 2.45) is 0 Å². The van der Waals surface area contributed by atoms with Crippen LogP contribution >= 0.6 is 0 Å². The van der Waals surface area contributed by atoms with Gasteiger partial charge in [0.15, 0.2) is 23.1 Å². The average molecular weight is 436 g/mol. The molecule has 3 rings (SSSR count). The van der Waals surface area contributed by atoms with Crippen LogP contribution in [0.4, 0.5) is 10.1 Å². The minimum atomic E-state index is -0.560. The first-order valence-corrected chi connectivity index (χ1v) is 10.7. The van der Waals surface area contributed by atoms with Crippen LogP contribution in [0.2, 0.25) is 0 Å². The molecule has 0 radical (unpaired) electrons. The Kier molecular flexibility index (Phi) is 17.2. The number of hydrogen-bond donors (Lipinski definition) is 1. The second-order valence-electron chi connectivity index (χ2n) is 4.67. The molecule has 0 atom stereocenters. The van der Waals surface area contributed by atoms with E-state index in [1.807, 2.05) is 55.4 Å². The predicted molar refractivity (Wildman–Crippen MR) is 129 cm³/mol. The van der Waals surface area contributed by atoms with Crippen LogP contribution in [0.25, 0.3) is 11.0 Å². The maximum absolute atomic E-state index is 13.9. The molecule has 0 aliphatic rings. The number of aromatic nitrogens is 2. The van der Waals surface area contributed by atoms with E-state index in [2.05, 4.69) is 9.97 Å². The number of fused-ring (bicyclic) bond motifs is 1. The third-order valence-electron chi connectivity index (χ3n) is 3.20. The fraction of sp³-hybridized carbons (Fsp3) is 0.417. The number of methoxy groups -OCH3 is 2. The molecule has 0 spiro atoms. The normalized spacial score (nSPS) is 8.61. The van der Waals surface area contributed by atoms with Gasteiger partial charge in [0.25, 0.3) is 5.88 Å². The summed E-state index contributed by atoms with van der Waals surface area (Å²) in [6.45, 7) is 16.0. The van der Waals surface area contributed by atoms with E-state index in [4.69, 9.17) is 19.9 Å². The number of pyridine rings is 2. The van der Waals surface area contributed by atoms with Crippen molar-refractivity contribution in [2.75, 3.05) is 20.0 Å². The monoisotopic (exact) mass is 435 g/mol. The molecule has 174 valence electrons. The second kappa shape index (κ2) is 17.7. The summed E-state index contributed by atoms with van der Waals surface area (Å²) < 4.78 is 29.9. The lowest BCUT2D eigenvalue weighted by Gasteiger charge is -2.11. The first-order chi connectivity index (χ1) is 15.1. The third kappa shape index (κ3) is 8.66. The molecule has 6 nitrogen and oxygen atoms in total. The van der Waals surface area contributed by atoms with Crippen molar-refractivity contribution in [1.82, 2.24) is 9.97 Å². The van der Waals surface area contributed by atoms with Gasteiger partial charge in [-0.25, -0.2) is 9.37 Å². The van der Waals surface area contributed by atoms with Crippen LogP contribution in [-0.2, 0) is 0 Å². The number of nitrogen functional groups attached to an aromatic ring is 1. The standard InChI is InChI=1S/C16H14FN3O3.4C2H6/c1-21-14-8-11-15(20-16(14)22-2)13(5-6-19-11)23-12-4-3-9(18)7-10(12)17;4*1-2/h3-8H,18H2,1-2H3;4*1-2H3. The van der Waals surface area contributed by atoms with Gasteiger partial charge in [0.1, 0.15) is 5.52 Å². The van der Waals surface area contributed by atoms with Crippen LogP contribution in [0.5, 0.6) is 23.1 Å². The first kappa shape index (κ1) is 30.1. The summed E-state index contributed by atoms with van der Waals surface area (Å²) in [4.78, 5) is 8.54. The maximum Gasteiger partial charge on any atom is 0.257 e. The van der Waals surface area contributed by atoms with Crippen LogP contribution in [0, 0.1) is 5.82 Å². The number of nitrogens with zero attached hydrogens (tertiary/aromatic N) is 2. The molecule has 0 amide bonds. The van der Waals surface area contributed by atoms with Gasteiger partial charge in [0, 0.05) is 30.1 Å². The molecule has 0 unspecified atom stereocenters. The highest BCUT2D eigenvalue weighted by Gasteiger charge is 2.14. The van der Waals surface area contributed by atoms with Crippen LogP contribution in [0.15, 0.2) is 36.5 Å². The molecule has 2 N–H and O–H groups in total. The fourth-order valence-corrected chi connectivity index (χ4v) is 2.11. The molecular weight excluding hydrogens is 397 g/mol. The summed E-state index contributed by atoms with van der Waals surface area (Å²) in [5.41, 5.74) is 6.82. The van der Waals surface area contributed by atoms with Crippen LogP contribution in [0.3, 0.4) is 0 Å². The third-order valence-corrected chi connectivity index (χ3v) is 3.20. The van der Waals surface area contributed by atoms with E-state index in [9.17, 15) is 4.39 Å². The zero-order chi connectivity index (χ0) is 24.4. The number of benzene rings is 1. The Morgan fingerprint density at radius 3 is 1.90 bits per heavy atom. The van der Waals surface area contributed by atoms with Crippen molar-refractivity contribution in [3.8, 4) is 23.1 Å². The highest BCUT2D eigenvalue weighted by molar-refractivity contribution is 5.83. The zero-order valence-corrected chi connectivity index (χ0v) is 20.5. The Bertz CT molecular complexity index is 874. The van der Waals surface area contributed by atoms with Gasteiger partial charge in [-0.2, -0.15) is 0 Å². The number of ether oxygens (including phenoxy) is 3. The number of anilines is 1. The van der Waals surface area contributed by atoms with Crippen LogP contribution in [0.1, 0.15) is 55.4 Å². The van der Waals surface area contributed by atoms with Gasteiger partial charge in [0.2, 0.25) is 0 Å². The first-order valence-electron chi connectivity index (χ1n) is 10.7. The van der Waals surface area contributed by atoms with Gasteiger partial charge in [-0.15, -0.1) is 0 Å². The van der Waals surface area contributed by atoms with E-state index in [1.54, 1.807) is 24.4 Å². The SMILES string of the molecule is CC.CC.CC.CC.COc1cc2nccc(Oc3ccc(N)cc3F)c2nc1OC. The summed E-state index contributed by atoms with van der Waals surface area (Å²) in [6.07, 6.45) is 1.54. The molecule has 0 aliphatic heterocycles. The summed E-state index contributed by atoms with van der Waals surface area (Å²) in [7, 11) is 2.99. The van der Waals surface area contributed by atoms with Gasteiger partial charge in [-0.1, -0.05) is 55.4 Å². The smallest absolute Gasteiger partial charge is 0.257 e. The Morgan fingerprint density at radius 2 is 1.39 bits per heavy atom. The van der Waals surface area contributed by atoms with Crippen molar-refractivity contribution >= 4 is 16.7 Å². The summed E-state index contributed by atoms with van der Waals surface area (Å²) in [6, 6.07) is 7.47. The van der Waals surface area contributed by atoms with E-state index in [-0.39, 0.29) is 11.6 Å². The molecule has 7 heteroatoms. The van der Waals surface area contributed by atoms with Crippen LogP contribution < -0.4 is 19.9 Å². The topological polar surface area (TPSA) is 79.5 Å². The molecule has 0 aliphatic carbocycles. The van der Waals surface area contributed by atoms with Gasteiger partial charge >= 0.3 is 0 Å². The molecule has 0 saturated heterocycles. The van der Waals surface area contributed by atoms with Gasteiger partial charge in [-0.3, -0.25) is 4.98 Å². The molecule has 3 aromatic rings. The molecule has 2 aromatic heterocycles. The number of rotatable bonds is 4. The Labute approximate surface area is 186 Å². The lowest BCUT2D eigenvalue weighted by atomic mass is 10.2. The molecule has 31 heavy (non-hydrogen) atoms. The van der Waals surface area contributed by atoms with E-state index >= 15 is 0 Å². The summed E-state index contributed by atoms with van der Waals surface area (Å²) in [5, 5.41) is 0.